The number of fused-ring (bicyclic) bond motifs is 3. The average molecular weight is 401 g/mol. The molecule has 0 unspecified atom stereocenters. The summed E-state index contributed by atoms with van der Waals surface area (Å²) in [6.45, 7) is 2.10. The molecule has 3 heteroatoms. The van der Waals surface area contributed by atoms with E-state index in [2.05, 4.69) is 31.2 Å². The molecule has 0 saturated carbocycles. The van der Waals surface area contributed by atoms with Crippen molar-refractivity contribution in [2.45, 2.75) is 6.92 Å². The first-order valence-corrected chi connectivity index (χ1v) is 10.3. The summed E-state index contributed by atoms with van der Waals surface area (Å²) >= 11 is 0. The molecule has 31 heavy (non-hydrogen) atoms. The zero-order valence-electron chi connectivity index (χ0n) is 16.7. The summed E-state index contributed by atoms with van der Waals surface area (Å²) in [6, 6.07) is 24.0. The van der Waals surface area contributed by atoms with Gasteiger partial charge in [-0.25, -0.2) is 4.39 Å². The second-order valence-electron chi connectivity index (χ2n) is 8.21. The van der Waals surface area contributed by atoms with E-state index in [1.165, 1.54) is 10.9 Å². The van der Waals surface area contributed by atoms with E-state index in [-0.39, 0.29) is 5.82 Å². The lowest BCUT2D eigenvalue weighted by Crippen LogP contribution is -1.91. The van der Waals surface area contributed by atoms with Crippen molar-refractivity contribution < 1.29 is 8.81 Å². The Morgan fingerprint density at radius 2 is 1.45 bits per heavy atom. The predicted octanol–water partition coefficient (Wildman–Crippen LogP) is 7.99. The van der Waals surface area contributed by atoms with E-state index in [0.29, 0.717) is 16.6 Å². The monoisotopic (exact) mass is 401 g/mol. The highest BCUT2D eigenvalue weighted by Gasteiger charge is 2.21. The first-order valence-electron chi connectivity index (χ1n) is 10.3. The van der Waals surface area contributed by atoms with E-state index in [9.17, 15) is 0 Å². The van der Waals surface area contributed by atoms with Crippen molar-refractivity contribution in [1.82, 2.24) is 4.98 Å². The van der Waals surface area contributed by atoms with Gasteiger partial charge in [0.15, 0.2) is 5.58 Å². The number of benzene rings is 5. The number of nitrogens with zero attached hydrogens (tertiary/aromatic N) is 1. The van der Waals surface area contributed by atoms with Crippen LogP contribution < -0.4 is 0 Å². The number of aryl methyl sites for hydroxylation is 1. The molecular formula is C28H16FNO. The maximum Gasteiger partial charge on any atom is 0.154 e. The van der Waals surface area contributed by atoms with E-state index < -0.39 is 0 Å². The van der Waals surface area contributed by atoms with Gasteiger partial charge in [0, 0.05) is 27.1 Å². The number of hydrogen-bond acceptors (Lipinski definition) is 2. The largest absolute Gasteiger partial charge is 0.454 e. The summed E-state index contributed by atoms with van der Waals surface area (Å²) in [5, 5.41) is 7.41. The first-order chi connectivity index (χ1) is 15.2. The van der Waals surface area contributed by atoms with Crippen LogP contribution in [-0.2, 0) is 0 Å². The van der Waals surface area contributed by atoms with Crippen LogP contribution in [0.15, 0.2) is 83.4 Å². The van der Waals surface area contributed by atoms with E-state index in [0.717, 1.165) is 43.6 Å². The molecule has 0 spiro atoms. The van der Waals surface area contributed by atoms with Crippen molar-refractivity contribution >= 4 is 54.3 Å². The lowest BCUT2D eigenvalue weighted by Gasteiger charge is -2.11. The number of pyridine rings is 1. The Bertz CT molecular complexity index is 1810. The molecule has 7 aromatic rings. The van der Waals surface area contributed by atoms with Gasteiger partial charge in [-0.15, -0.1) is 0 Å². The van der Waals surface area contributed by atoms with Crippen molar-refractivity contribution in [2.24, 2.45) is 0 Å². The van der Waals surface area contributed by atoms with E-state index in [1.807, 2.05) is 42.5 Å². The summed E-state index contributed by atoms with van der Waals surface area (Å²) in [5.74, 6) is -0.247. The number of halogens is 1. The maximum absolute atomic E-state index is 15.6. The Balaban J connectivity index is 1.65. The Morgan fingerprint density at radius 3 is 2.29 bits per heavy atom. The molecule has 0 fully saturated rings. The number of aromatic nitrogens is 1. The first kappa shape index (κ1) is 16.8. The lowest BCUT2D eigenvalue weighted by atomic mass is 9.93. The van der Waals surface area contributed by atoms with Gasteiger partial charge in [-0.2, -0.15) is 0 Å². The van der Waals surface area contributed by atoms with Crippen LogP contribution in [0.5, 0.6) is 0 Å². The molecule has 0 saturated heterocycles. The van der Waals surface area contributed by atoms with Gasteiger partial charge in [-0.3, -0.25) is 4.98 Å². The molecule has 0 N–H and O–H groups in total. The minimum Gasteiger partial charge on any atom is -0.454 e. The molecule has 2 aromatic heterocycles. The summed E-state index contributed by atoms with van der Waals surface area (Å²) < 4.78 is 21.7. The van der Waals surface area contributed by atoms with Crippen LogP contribution in [0.25, 0.3) is 65.5 Å². The van der Waals surface area contributed by atoms with Crippen LogP contribution >= 0.6 is 0 Å². The minimum atomic E-state index is -0.247. The maximum atomic E-state index is 15.6. The van der Waals surface area contributed by atoms with Gasteiger partial charge in [0.1, 0.15) is 11.4 Å². The third-order valence-corrected chi connectivity index (χ3v) is 6.42. The fourth-order valence-corrected chi connectivity index (χ4v) is 5.07. The Kier molecular flexibility index (Phi) is 3.14. The van der Waals surface area contributed by atoms with Gasteiger partial charge >= 0.3 is 0 Å². The quantitative estimate of drug-likeness (QED) is 0.261. The Labute approximate surface area is 176 Å². The van der Waals surface area contributed by atoms with Crippen LogP contribution in [0.2, 0.25) is 0 Å². The molecule has 0 atom stereocenters. The van der Waals surface area contributed by atoms with Crippen molar-refractivity contribution in [3.8, 4) is 11.3 Å². The van der Waals surface area contributed by atoms with Crippen LogP contribution in [0, 0.1) is 12.7 Å². The average Bonchev–Trinajstić information content (AvgIpc) is 3.16. The van der Waals surface area contributed by atoms with Gasteiger partial charge < -0.3 is 4.42 Å². The molecule has 5 aromatic carbocycles. The van der Waals surface area contributed by atoms with Crippen molar-refractivity contribution in [3.05, 3.63) is 90.4 Å². The number of hydrogen-bond donors (Lipinski definition) is 0. The predicted molar refractivity (Wildman–Crippen MR) is 125 cm³/mol. The smallest absolute Gasteiger partial charge is 0.154 e. The molecule has 146 valence electrons. The Hall–Kier alpha value is -3.98. The van der Waals surface area contributed by atoms with Crippen LogP contribution in [0.4, 0.5) is 4.39 Å². The summed E-state index contributed by atoms with van der Waals surface area (Å²) in [5.41, 5.74) is 4.31. The zero-order valence-corrected chi connectivity index (χ0v) is 16.7. The van der Waals surface area contributed by atoms with Crippen molar-refractivity contribution in [2.75, 3.05) is 0 Å². The third-order valence-electron chi connectivity index (χ3n) is 6.42. The molecule has 0 radical (unpaired) electrons. The standard InChI is InChI=1S/C28H16FNO/c1-15-10-18(11-16-6-2-4-8-19(15)16)28-21-13-22(29)25-20-9-5-3-7-17(20)12-23-27(25)26(21)24(31-23)14-30-28/h2-14H,1H3. The molecule has 0 amide bonds. The number of furan rings is 1. The molecule has 0 bridgehead atoms. The van der Waals surface area contributed by atoms with Gasteiger partial charge in [-0.05, 0) is 58.3 Å². The summed E-state index contributed by atoms with van der Waals surface area (Å²) in [6.07, 6.45) is 1.77. The highest BCUT2D eigenvalue weighted by molar-refractivity contribution is 6.29. The molecule has 0 aliphatic rings. The lowest BCUT2D eigenvalue weighted by molar-refractivity contribution is 0.642. The number of rotatable bonds is 1. The molecule has 0 aliphatic carbocycles. The molecule has 0 aliphatic heterocycles. The van der Waals surface area contributed by atoms with E-state index >= 15 is 4.39 Å². The van der Waals surface area contributed by atoms with Gasteiger partial charge in [0.25, 0.3) is 0 Å². The highest BCUT2D eigenvalue weighted by atomic mass is 19.1. The fourth-order valence-electron chi connectivity index (χ4n) is 5.07. The summed E-state index contributed by atoms with van der Waals surface area (Å²) in [7, 11) is 0. The van der Waals surface area contributed by atoms with Crippen LogP contribution in [0.1, 0.15) is 5.56 Å². The van der Waals surface area contributed by atoms with Gasteiger partial charge in [0.2, 0.25) is 0 Å². The third kappa shape index (κ3) is 2.18. The van der Waals surface area contributed by atoms with Gasteiger partial charge in [0.05, 0.1) is 11.9 Å². The fraction of sp³-hybridized carbons (Fsp3) is 0.0357. The topological polar surface area (TPSA) is 26.0 Å². The summed E-state index contributed by atoms with van der Waals surface area (Å²) in [4.78, 5) is 4.72. The van der Waals surface area contributed by atoms with E-state index in [1.54, 1.807) is 12.3 Å². The highest BCUT2D eigenvalue weighted by Crippen LogP contribution is 2.44. The molecule has 7 rings (SSSR count). The van der Waals surface area contributed by atoms with E-state index in [4.69, 9.17) is 9.40 Å². The molecular weight excluding hydrogens is 385 g/mol. The second kappa shape index (κ2) is 5.79. The molecule has 2 heterocycles. The van der Waals surface area contributed by atoms with Crippen LogP contribution in [0.3, 0.4) is 0 Å². The van der Waals surface area contributed by atoms with Crippen molar-refractivity contribution in [3.63, 3.8) is 0 Å². The molecule has 2 nitrogen and oxygen atoms in total. The normalized spacial score (nSPS) is 12.2. The SMILES string of the molecule is Cc1cc(-c2ncc3oc4cc5ccccc5c5c(F)cc2c3c45)cc2ccccc12. The zero-order chi connectivity index (χ0) is 20.7. The van der Waals surface area contributed by atoms with Crippen molar-refractivity contribution in [1.29, 1.82) is 0 Å². The Morgan fingerprint density at radius 1 is 0.710 bits per heavy atom. The van der Waals surface area contributed by atoms with Crippen LogP contribution in [-0.4, -0.2) is 4.98 Å². The van der Waals surface area contributed by atoms with Gasteiger partial charge in [-0.1, -0.05) is 48.5 Å². The minimum absolute atomic E-state index is 0.247. The second-order valence-corrected chi connectivity index (χ2v) is 8.21.